The van der Waals surface area contributed by atoms with Crippen LogP contribution in [0.3, 0.4) is 0 Å². The number of para-hydroxylation sites is 3. The summed E-state index contributed by atoms with van der Waals surface area (Å²) < 4.78 is 2.39. The maximum absolute atomic E-state index is 2.45. The van der Waals surface area contributed by atoms with E-state index >= 15 is 0 Å². The van der Waals surface area contributed by atoms with E-state index in [4.69, 9.17) is 0 Å². The first-order chi connectivity index (χ1) is 33.0. The third-order valence-corrected chi connectivity index (χ3v) is 14.3. The van der Waals surface area contributed by atoms with Crippen molar-refractivity contribution in [2.45, 2.75) is 19.3 Å². The molecule has 0 atom stereocenters. The molecule has 0 aliphatic heterocycles. The number of benzene rings is 10. The molecule has 0 amide bonds. The third kappa shape index (κ3) is 6.18. The number of rotatable bonds is 7. The lowest BCUT2D eigenvalue weighted by Crippen LogP contribution is -2.16. The van der Waals surface area contributed by atoms with E-state index in [2.05, 4.69) is 266 Å². The highest BCUT2D eigenvalue weighted by Crippen LogP contribution is 2.54. The van der Waals surface area contributed by atoms with Gasteiger partial charge in [0.25, 0.3) is 0 Å². The van der Waals surface area contributed by atoms with Crippen molar-refractivity contribution < 1.29 is 0 Å². The van der Waals surface area contributed by atoms with Gasteiger partial charge in [0.2, 0.25) is 0 Å². The molecule has 0 saturated carbocycles. The molecule has 2 aliphatic carbocycles. The summed E-state index contributed by atoms with van der Waals surface area (Å²) >= 11 is 0. The highest BCUT2D eigenvalue weighted by atomic mass is 15.1. The molecule has 0 unspecified atom stereocenters. The molecule has 11 aromatic rings. The van der Waals surface area contributed by atoms with E-state index in [1.54, 1.807) is 0 Å². The molecule has 0 radical (unpaired) electrons. The van der Waals surface area contributed by atoms with E-state index in [0.717, 1.165) is 17.1 Å². The van der Waals surface area contributed by atoms with Crippen molar-refractivity contribution in [3.05, 3.63) is 276 Å². The lowest BCUT2D eigenvalue weighted by Gasteiger charge is -2.28. The summed E-state index contributed by atoms with van der Waals surface area (Å²) in [5.41, 5.74) is 24.5. The van der Waals surface area contributed by atoms with Crippen molar-refractivity contribution in [2.24, 2.45) is 0 Å². The minimum absolute atomic E-state index is 0.234. The van der Waals surface area contributed by atoms with Crippen LogP contribution in [0.2, 0.25) is 0 Å². The standard InChI is InChI=1S/C65H46N2/c1-65(2)59-40-46(45-32-38-62-57(39-45)55-28-17-18-30-61(55)67(62)48-25-13-6-14-26-48)31-35-53(59)54-37-34-50(42-60(54)65)66(47-23-11-5-12-24-47)49-33-36-52-51-27-15-16-29-56(51)64(58(52)41-49)63(43-19-7-3-8-20-43)44-21-9-4-10-22-44/h3-42H,1-2H3. The second-order valence-electron chi connectivity index (χ2n) is 18.5. The maximum Gasteiger partial charge on any atom is 0.0541 e. The molecule has 0 spiro atoms. The van der Waals surface area contributed by atoms with Gasteiger partial charge in [-0.15, -0.1) is 0 Å². The number of nitrogens with zero attached hydrogens (tertiary/aromatic N) is 2. The molecule has 1 heterocycles. The number of hydrogen-bond acceptors (Lipinski definition) is 1. The zero-order chi connectivity index (χ0) is 44.6. The largest absolute Gasteiger partial charge is 0.310 e. The van der Waals surface area contributed by atoms with Gasteiger partial charge in [-0.3, -0.25) is 0 Å². The van der Waals surface area contributed by atoms with Gasteiger partial charge in [0, 0.05) is 38.9 Å². The SMILES string of the molecule is CC1(C)c2cc(-c3ccc4c(c3)c3ccccc3n4-c3ccccc3)ccc2-c2ccc(N(c3ccccc3)c3ccc4c(c3)C(=C(c3ccccc3)c3ccccc3)c3ccccc3-4)cc21. The molecule has 13 rings (SSSR count). The van der Waals surface area contributed by atoms with Gasteiger partial charge in [-0.2, -0.15) is 0 Å². The minimum atomic E-state index is -0.234. The molecule has 1 aromatic heterocycles. The summed E-state index contributed by atoms with van der Waals surface area (Å²) in [5, 5.41) is 2.53. The Morgan fingerprint density at radius 2 is 0.866 bits per heavy atom. The first-order valence-corrected chi connectivity index (χ1v) is 23.3. The fourth-order valence-electron chi connectivity index (χ4n) is 11.2. The van der Waals surface area contributed by atoms with Gasteiger partial charge in [0.15, 0.2) is 0 Å². The van der Waals surface area contributed by atoms with Gasteiger partial charge >= 0.3 is 0 Å². The zero-order valence-corrected chi connectivity index (χ0v) is 37.5. The second-order valence-corrected chi connectivity index (χ2v) is 18.5. The molecule has 0 N–H and O–H groups in total. The normalized spacial score (nSPS) is 13.0. The Labute approximate surface area is 392 Å². The van der Waals surface area contributed by atoms with E-state index in [1.807, 2.05) is 0 Å². The molecule has 0 saturated heterocycles. The van der Waals surface area contributed by atoms with Gasteiger partial charge in [-0.05, 0) is 151 Å². The molecule has 0 bridgehead atoms. The van der Waals surface area contributed by atoms with Crippen LogP contribution in [0.25, 0.3) is 72.0 Å². The molecular weight excluding hydrogens is 809 g/mol. The number of hydrogen-bond donors (Lipinski definition) is 0. The molecule has 316 valence electrons. The van der Waals surface area contributed by atoms with Crippen molar-refractivity contribution in [3.63, 3.8) is 0 Å². The summed E-state index contributed by atoms with van der Waals surface area (Å²) in [5.74, 6) is 0. The van der Waals surface area contributed by atoms with E-state index < -0.39 is 0 Å². The van der Waals surface area contributed by atoms with Crippen LogP contribution in [0, 0.1) is 0 Å². The maximum atomic E-state index is 2.45. The summed E-state index contributed by atoms with van der Waals surface area (Å²) in [6.07, 6.45) is 0. The molecule has 2 nitrogen and oxygen atoms in total. The smallest absolute Gasteiger partial charge is 0.0541 e. The van der Waals surface area contributed by atoms with Crippen molar-refractivity contribution in [3.8, 4) is 39.1 Å². The first-order valence-electron chi connectivity index (χ1n) is 23.3. The van der Waals surface area contributed by atoms with Gasteiger partial charge in [0.1, 0.15) is 0 Å². The van der Waals surface area contributed by atoms with Crippen LogP contribution in [-0.2, 0) is 5.41 Å². The van der Waals surface area contributed by atoms with E-state index in [-0.39, 0.29) is 5.41 Å². The molecule has 2 aliphatic rings. The van der Waals surface area contributed by atoms with Crippen LogP contribution >= 0.6 is 0 Å². The lowest BCUT2D eigenvalue weighted by atomic mass is 9.81. The molecule has 10 aromatic carbocycles. The van der Waals surface area contributed by atoms with E-state index in [1.165, 1.54) is 105 Å². The van der Waals surface area contributed by atoms with Gasteiger partial charge < -0.3 is 9.47 Å². The van der Waals surface area contributed by atoms with E-state index in [0.29, 0.717) is 0 Å². The highest BCUT2D eigenvalue weighted by Gasteiger charge is 2.37. The Kier molecular flexibility index (Phi) is 8.91. The Morgan fingerprint density at radius 3 is 1.58 bits per heavy atom. The molecule has 67 heavy (non-hydrogen) atoms. The fourth-order valence-corrected chi connectivity index (χ4v) is 11.2. The van der Waals surface area contributed by atoms with Crippen molar-refractivity contribution in [1.29, 1.82) is 0 Å². The van der Waals surface area contributed by atoms with Crippen LogP contribution in [0.4, 0.5) is 17.1 Å². The monoisotopic (exact) mass is 854 g/mol. The zero-order valence-electron chi connectivity index (χ0n) is 37.5. The Bertz CT molecular complexity index is 3700. The topological polar surface area (TPSA) is 8.17 Å². The summed E-state index contributed by atoms with van der Waals surface area (Å²) in [4.78, 5) is 2.44. The van der Waals surface area contributed by atoms with Crippen LogP contribution < -0.4 is 4.90 Å². The summed E-state index contributed by atoms with van der Waals surface area (Å²) in [6, 6.07) is 89.3. The Hall–Kier alpha value is -8.46. The van der Waals surface area contributed by atoms with Gasteiger partial charge in [-0.25, -0.2) is 0 Å². The quantitative estimate of drug-likeness (QED) is 0.155. The van der Waals surface area contributed by atoms with Crippen LogP contribution in [-0.4, -0.2) is 4.57 Å². The number of fused-ring (bicyclic) bond motifs is 9. The lowest BCUT2D eigenvalue weighted by molar-refractivity contribution is 0.660. The van der Waals surface area contributed by atoms with Crippen LogP contribution in [0.1, 0.15) is 47.2 Å². The Morgan fingerprint density at radius 1 is 0.358 bits per heavy atom. The van der Waals surface area contributed by atoms with Crippen molar-refractivity contribution in [1.82, 2.24) is 4.57 Å². The fraction of sp³-hybridized carbons (Fsp3) is 0.0462. The number of aromatic nitrogens is 1. The molecule has 0 fully saturated rings. The Balaban J connectivity index is 0.928. The minimum Gasteiger partial charge on any atom is -0.310 e. The number of anilines is 3. The first kappa shape index (κ1) is 39.0. The second kappa shape index (κ2) is 15.3. The predicted molar refractivity (Wildman–Crippen MR) is 282 cm³/mol. The van der Waals surface area contributed by atoms with Crippen molar-refractivity contribution in [2.75, 3.05) is 4.90 Å². The molecular formula is C65H46N2. The average molecular weight is 855 g/mol. The summed E-state index contributed by atoms with van der Waals surface area (Å²) in [6.45, 7) is 4.79. The average Bonchev–Trinajstić information content (AvgIpc) is 3.97. The summed E-state index contributed by atoms with van der Waals surface area (Å²) in [7, 11) is 0. The van der Waals surface area contributed by atoms with Crippen molar-refractivity contribution >= 4 is 50.0 Å². The predicted octanol–water partition coefficient (Wildman–Crippen LogP) is 17.2. The molecule has 2 heteroatoms. The van der Waals surface area contributed by atoms with Gasteiger partial charge in [0.05, 0.1) is 11.0 Å². The van der Waals surface area contributed by atoms with Gasteiger partial charge in [-0.1, -0.05) is 184 Å². The highest BCUT2D eigenvalue weighted by molar-refractivity contribution is 6.14. The van der Waals surface area contributed by atoms with Crippen LogP contribution in [0.5, 0.6) is 0 Å². The van der Waals surface area contributed by atoms with E-state index in [9.17, 15) is 0 Å². The van der Waals surface area contributed by atoms with Crippen LogP contribution in [0.15, 0.2) is 243 Å². The third-order valence-electron chi connectivity index (χ3n) is 14.3.